The van der Waals surface area contributed by atoms with Gasteiger partial charge in [-0.3, -0.25) is 9.69 Å². The van der Waals surface area contributed by atoms with Gasteiger partial charge < -0.3 is 4.90 Å². The van der Waals surface area contributed by atoms with E-state index >= 15 is 0 Å². The Hall–Kier alpha value is -1.59. The Bertz CT molecular complexity index is 752. The molecule has 1 aromatic rings. The van der Waals surface area contributed by atoms with Gasteiger partial charge in [-0.25, -0.2) is 0 Å². The van der Waals surface area contributed by atoms with Crippen LogP contribution < -0.4 is 4.90 Å². The van der Waals surface area contributed by atoms with Crippen molar-refractivity contribution in [3.63, 3.8) is 0 Å². The number of thioether (sulfide) groups is 1. The van der Waals surface area contributed by atoms with Gasteiger partial charge >= 0.3 is 0 Å². The minimum Gasteiger partial charge on any atom is -0.340 e. The van der Waals surface area contributed by atoms with E-state index in [2.05, 4.69) is 56.0 Å². The molecule has 2 aliphatic heterocycles. The molecule has 0 saturated carbocycles. The summed E-state index contributed by atoms with van der Waals surface area (Å²) >= 11 is 6.87. The Balaban J connectivity index is 2.00. The fraction of sp³-hybridized carbons (Fsp3) is 0.368. The second kappa shape index (κ2) is 7.11. The van der Waals surface area contributed by atoms with Crippen LogP contribution >= 0.6 is 24.0 Å². The van der Waals surface area contributed by atoms with Gasteiger partial charge in [0.25, 0.3) is 5.91 Å². The van der Waals surface area contributed by atoms with Crippen molar-refractivity contribution in [2.24, 2.45) is 0 Å². The first-order valence-corrected chi connectivity index (χ1v) is 9.63. The number of hydrogen-bond acceptors (Lipinski definition) is 4. The number of unbranched alkanes of at least 4 members (excludes halogenated alkanes) is 1. The Morgan fingerprint density at radius 1 is 1.17 bits per heavy atom. The topological polar surface area (TPSA) is 23.6 Å². The Morgan fingerprint density at radius 2 is 1.96 bits per heavy atom. The summed E-state index contributed by atoms with van der Waals surface area (Å²) in [5.74, 6) is 0.0483. The summed E-state index contributed by atoms with van der Waals surface area (Å²) in [4.78, 5) is 17.6. The molecule has 0 spiro atoms. The number of likely N-dealkylation sites (N-methyl/N-ethyl adjacent to an activating group) is 1. The minimum absolute atomic E-state index is 0.0483. The van der Waals surface area contributed by atoms with E-state index in [1.807, 2.05) is 0 Å². The van der Waals surface area contributed by atoms with E-state index in [-0.39, 0.29) is 5.91 Å². The van der Waals surface area contributed by atoms with E-state index in [0.717, 1.165) is 35.7 Å². The maximum Gasteiger partial charge on any atom is 0.268 e. The number of hydrogen-bond donors (Lipinski definition) is 0. The first-order valence-electron chi connectivity index (χ1n) is 8.41. The highest BCUT2D eigenvalue weighted by Gasteiger charge is 2.35. The van der Waals surface area contributed by atoms with E-state index in [1.54, 1.807) is 4.90 Å². The molecule has 0 aromatic heterocycles. The molecule has 5 heteroatoms. The fourth-order valence-electron chi connectivity index (χ4n) is 3.04. The Morgan fingerprint density at radius 3 is 2.67 bits per heavy atom. The van der Waals surface area contributed by atoms with Crippen LogP contribution in [0.15, 0.2) is 34.9 Å². The summed E-state index contributed by atoms with van der Waals surface area (Å²) in [7, 11) is 0. The molecule has 1 aromatic carbocycles. The van der Waals surface area contributed by atoms with Gasteiger partial charge in [0.1, 0.15) is 9.23 Å². The van der Waals surface area contributed by atoms with E-state index in [4.69, 9.17) is 12.2 Å². The summed E-state index contributed by atoms with van der Waals surface area (Å²) in [6, 6.07) is 6.43. The first kappa shape index (κ1) is 17.2. The SMILES string of the molecule is CCCCN1C(=O)/C(=C2/C=Cc3cc(C)ccc3N2CC)SC1=S. The van der Waals surface area contributed by atoms with E-state index in [9.17, 15) is 4.79 Å². The van der Waals surface area contributed by atoms with E-state index < -0.39 is 0 Å². The molecule has 1 amide bonds. The minimum atomic E-state index is 0.0483. The average molecular weight is 359 g/mol. The molecule has 2 heterocycles. The van der Waals surface area contributed by atoms with Crippen LogP contribution in [0.5, 0.6) is 0 Å². The maximum atomic E-state index is 12.8. The lowest BCUT2D eigenvalue weighted by molar-refractivity contribution is -0.122. The van der Waals surface area contributed by atoms with Gasteiger partial charge in [0.05, 0.1) is 5.70 Å². The molecule has 1 saturated heterocycles. The number of allylic oxidation sites excluding steroid dienone is 1. The molecule has 0 unspecified atom stereocenters. The largest absolute Gasteiger partial charge is 0.340 e. The lowest BCUT2D eigenvalue weighted by Gasteiger charge is -2.30. The number of thiocarbonyl (C=S) groups is 1. The molecule has 24 heavy (non-hydrogen) atoms. The highest BCUT2D eigenvalue weighted by Crippen LogP contribution is 2.39. The molecule has 3 rings (SSSR count). The van der Waals surface area contributed by atoms with Crippen LogP contribution in [0.3, 0.4) is 0 Å². The number of benzene rings is 1. The van der Waals surface area contributed by atoms with Gasteiger partial charge in [0.2, 0.25) is 0 Å². The van der Waals surface area contributed by atoms with Crippen molar-refractivity contribution in [3.8, 4) is 0 Å². The molecule has 1 fully saturated rings. The zero-order valence-electron chi connectivity index (χ0n) is 14.3. The number of rotatable bonds is 4. The molecule has 0 N–H and O–H groups in total. The van der Waals surface area contributed by atoms with Crippen LogP contribution in [0, 0.1) is 6.92 Å². The molecule has 0 atom stereocenters. The van der Waals surface area contributed by atoms with Crippen LogP contribution in [-0.2, 0) is 4.79 Å². The second-order valence-corrected chi connectivity index (χ2v) is 7.68. The van der Waals surface area contributed by atoms with Crippen molar-refractivity contribution in [1.29, 1.82) is 0 Å². The number of carbonyl (C=O) groups excluding carboxylic acids is 1. The number of anilines is 1. The summed E-state index contributed by atoms with van der Waals surface area (Å²) in [6.45, 7) is 7.86. The molecule has 0 aliphatic carbocycles. The Labute approximate surface area is 153 Å². The van der Waals surface area contributed by atoms with Crippen molar-refractivity contribution in [3.05, 3.63) is 46.0 Å². The fourth-order valence-corrected chi connectivity index (χ4v) is 4.41. The van der Waals surface area contributed by atoms with Gasteiger partial charge in [-0.05, 0) is 44.0 Å². The normalized spacial score (nSPS) is 20.1. The van der Waals surface area contributed by atoms with E-state index in [1.165, 1.54) is 22.9 Å². The molecular weight excluding hydrogens is 336 g/mol. The molecular formula is C19H22N2OS2. The van der Waals surface area contributed by atoms with Gasteiger partial charge in [0, 0.05) is 18.8 Å². The van der Waals surface area contributed by atoms with Crippen LogP contribution in [0.1, 0.15) is 37.8 Å². The number of amides is 1. The van der Waals surface area contributed by atoms with Crippen LogP contribution in [-0.4, -0.2) is 28.2 Å². The van der Waals surface area contributed by atoms with Crippen molar-refractivity contribution < 1.29 is 4.79 Å². The van der Waals surface area contributed by atoms with Gasteiger partial charge in [-0.2, -0.15) is 0 Å². The second-order valence-electron chi connectivity index (χ2n) is 6.03. The van der Waals surface area contributed by atoms with Crippen LogP contribution in [0.4, 0.5) is 5.69 Å². The lowest BCUT2D eigenvalue weighted by atomic mass is 10.0. The highest BCUT2D eigenvalue weighted by molar-refractivity contribution is 8.26. The molecule has 2 aliphatic rings. The molecule has 126 valence electrons. The van der Waals surface area contributed by atoms with Gasteiger partial charge in [-0.15, -0.1) is 0 Å². The quantitative estimate of drug-likeness (QED) is 0.574. The van der Waals surface area contributed by atoms with Gasteiger partial charge in [0.15, 0.2) is 0 Å². The number of aryl methyl sites for hydroxylation is 1. The van der Waals surface area contributed by atoms with Crippen LogP contribution in [0.2, 0.25) is 0 Å². The Kier molecular flexibility index (Phi) is 5.11. The smallest absolute Gasteiger partial charge is 0.268 e. The monoisotopic (exact) mass is 358 g/mol. The van der Waals surface area contributed by atoms with Gasteiger partial charge in [-0.1, -0.05) is 55.0 Å². The summed E-state index contributed by atoms with van der Waals surface area (Å²) < 4.78 is 0.676. The van der Waals surface area contributed by atoms with Crippen molar-refractivity contribution in [2.75, 3.05) is 18.0 Å². The first-order chi connectivity index (χ1) is 11.6. The number of nitrogens with zero attached hydrogens (tertiary/aromatic N) is 2. The van der Waals surface area contributed by atoms with E-state index in [0.29, 0.717) is 10.9 Å². The third-order valence-electron chi connectivity index (χ3n) is 4.32. The third-order valence-corrected chi connectivity index (χ3v) is 5.77. The summed E-state index contributed by atoms with van der Waals surface area (Å²) in [5.41, 5.74) is 4.55. The highest BCUT2D eigenvalue weighted by atomic mass is 32.2. The third kappa shape index (κ3) is 3.03. The predicted molar refractivity (Wildman–Crippen MR) is 107 cm³/mol. The summed E-state index contributed by atoms with van der Waals surface area (Å²) in [5, 5.41) is 0. The lowest BCUT2D eigenvalue weighted by Crippen LogP contribution is -2.31. The van der Waals surface area contributed by atoms with Crippen molar-refractivity contribution in [1.82, 2.24) is 4.90 Å². The number of carbonyl (C=O) groups is 1. The van der Waals surface area contributed by atoms with Crippen molar-refractivity contribution >= 4 is 46.0 Å². The predicted octanol–water partition coefficient (Wildman–Crippen LogP) is 4.72. The molecule has 3 nitrogen and oxygen atoms in total. The molecule has 0 bridgehead atoms. The number of fused-ring (bicyclic) bond motifs is 1. The summed E-state index contributed by atoms with van der Waals surface area (Å²) in [6.07, 6.45) is 6.18. The zero-order valence-corrected chi connectivity index (χ0v) is 16.0. The average Bonchev–Trinajstić information content (AvgIpc) is 2.85. The standard InChI is InChI=1S/C19H22N2OS2/c1-4-6-11-21-18(22)17(24-19(21)23)16-10-8-14-12-13(3)7-9-15(14)20(16)5-2/h7-10,12H,4-6,11H2,1-3H3/b17-16+. The maximum absolute atomic E-state index is 12.8. The molecule has 0 radical (unpaired) electrons. The zero-order chi connectivity index (χ0) is 17.3. The van der Waals surface area contributed by atoms with Crippen LogP contribution in [0.25, 0.3) is 6.08 Å². The van der Waals surface area contributed by atoms with Crippen molar-refractivity contribution in [2.45, 2.75) is 33.6 Å².